The molecular weight excluding hydrogens is 258 g/mol. The van der Waals surface area contributed by atoms with Crippen LogP contribution in [-0.4, -0.2) is 12.0 Å². The fraction of sp³-hybridized carbons (Fsp3) is 0.200. The third-order valence-corrected chi connectivity index (χ3v) is 3.39. The lowest BCUT2D eigenvalue weighted by Gasteiger charge is -2.26. The van der Waals surface area contributed by atoms with E-state index in [1.807, 2.05) is 42.3 Å². The van der Waals surface area contributed by atoms with Gasteiger partial charge in [-0.3, -0.25) is 0 Å². The normalized spacial score (nSPS) is 11.7. The molecule has 1 aromatic heterocycles. The number of rotatable bonds is 3. The van der Waals surface area contributed by atoms with Crippen molar-refractivity contribution in [3.05, 3.63) is 58.7 Å². The summed E-state index contributed by atoms with van der Waals surface area (Å²) in [7, 11) is 1.97. The maximum atomic E-state index is 8.77. The zero-order valence-electron chi connectivity index (χ0n) is 10.8. The molecule has 1 aromatic carbocycles. The molecule has 2 rings (SSSR count). The van der Waals surface area contributed by atoms with Crippen molar-refractivity contribution in [1.29, 1.82) is 5.26 Å². The summed E-state index contributed by atoms with van der Waals surface area (Å²) in [6, 6.07) is 13.6. The van der Waals surface area contributed by atoms with Crippen molar-refractivity contribution in [2.45, 2.75) is 13.0 Å². The smallest absolute Gasteiger partial charge is 0.128 e. The highest BCUT2D eigenvalue weighted by Crippen LogP contribution is 2.25. The summed E-state index contributed by atoms with van der Waals surface area (Å²) in [6.45, 7) is 2.09. The van der Waals surface area contributed by atoms with Gasteiger partial charge in [-0.15, -0.1) is 0 Å². The minimum atomic E-state index is 0.152. The van der Waals surface area contributed by atoms with Crippen LogP contribution in [0, 0.1) is 11.3 Å². The summed E-state index contributed by atoms with van der Waals surface area (Å²) in [4.78, 5) is 6.34. The van der Waals surface area contributed by atoms with E-state index in [2.05, 4.69) is 18.0 Å². The zero-order chi connectivity index (χ0) is 13.8. The molecule has 0 aliphatic heterocycles. The molecule has 0 amide bonds. The van der Waals surface area contributed by atoms with Gasteiger partial charge >= 0.3 is 0 Å². The van der Waals surface area contributed by atoms with Crippen molar-refractivity contribution in [2.24, 2.45) is 0 Å². The van der Waals surface area contributed by atoms with E-state index in [0.717, 1.165) is 16.4 Å². The molecule has 0 spiro atoms. The highest BCUT2D eigenvalue weighted by Gasteiger charge is 2.13. The van der Waals surface area contributed by atoms with Crippen LogP contribution in [0.1, 0.15) is 24.1 Å². The van der Waals surface area contributed by atoms with Crippen LogP contribution in [0.5, 0.6) is 0 Å². The minimum Gasteiger partial charge on any atom is -0.353 e. The molecule has 1 atom stereocenters. The topological polar surface area (TPSA) is 39.9 Å². The average molecular weight is 272 g/mol. The predicted molar refractivity (Wildman–Crippen MR) is 77.2 cm³/mol. The molecule has 0 unspecified atom stereocenters. The van der Waals surface area contributed by atoms with Gasteiger partial charge in [-0.1, -0.05) is 23.7 Å². The average Bonchev–Trinajstić information content (AvgIpc) is 2.46. The van der Waals surface area contributed by atoms with Gasteiger partial charge < -0.3 is 4.90 Å². The molecule has 1 heterocycles. The molecule has 4 heteroatoms. The Labute approximate surface area is 118 Å². The largest absolute Gasteiger partial charge is 0.353 e. The van der Waals surface area contributed by atoms with Gasteiger partial charge in [-0.05, 0) is 36.8 Å². The van der Waals surface area contributed by atoms with E-state index < -0.39 is 0 Å². The van der Waals surface area contributed by atoms with Gasteiger partial charge in [0.15, 0.2) is 0 Å². The maximum Gasteiger partial charge on any atom is 0.128 e. The molecule has 0 aliphatic rings. The van der Waals surface area contributed by atoms with Crippen LogP contribution in [-0.2, 0) is 0 Å². The molecule has 0 bridgehead atoms. The lowest BCUT2D eigenvalue weighted by molar-refractivity contribution is 0.729. The first kappa shape index (κ1) is 13.4. The van der Waals surface area contributed by atoms with E-state index in [1.165, 1.54) is 0 Å². The van der Waals surface area contributed by atoms with E-state index >= 15 is 0 Å². The summed E-state index contributed by atoms with van der Waals surface area (Å²) < 4.78 is 0. The van der Waals surface area contributed by atoms with Gasteiger partial charge in [0.2, 0.25) is 0 Å². The zero-order valence-corrected chi connectivity index (χ0v) is 11.6. The highest BCUT2D eigenvalue weighted by molar-refractivity contribution is 6.30. The fourth-order valence-corrected chi connectivity index (χ4v) is 2.05. The minimum absolute atomic E-state index is 0.152. The van der Waals surface area contributed by atoms with Gasteiger partial charge in [0.1, 0.15) is 11.9 Å². The SMILES string of the molecule is C[C@H](c1cccc(Cl)c1)N(C)c1ccc(C#N)cn1. The molecule has 0 saturated carbocycles. The van der Waals surface area contributed by atoms with Crippen LogP contribution >= 0.6 is 11.6 Å². The molecule has 96 valence electrons. The molecule has 2 aromatic rings. The molecule has 0 fully saturated rings. The first-order chi connectivity index (χ1) is 9.11. The molecule has 0 aliphatic carbocycles. The third-order valence-electron chi connectivity index (χ3n) is 3.15. The quantitative estimate of drug-likeness (QED) is 0.852. The van der Waals surface area contributed by atoms with Crippen LogP contribution in [0.3, 0.4) is 0 Å². The lowest BCUT2D eigenvalue weighted by atomic mass is 10.1. The number of nitrogens with zero attached hydrogens (tertiary/aromatic N) is 3. The predicted octanol–water partition coefficient (Wildman–Crippen LogP) is 3.80. The fourth-order valence-electron chi connectivity index (χ4n) is 1.85. The maximum absolute atomic E-state index is 8.77. The summed E-state index contributed by atoms with van der Waals surface area (Å²) in [5.41, 5.74) is 1.69. The Balaban J connectivity index is 2.23. The Morgan fingerprint density at radius 2 is 2.11 bits per heavy atom. The third kappa shape index (κ3) is 3.04. The summed E-state index contributed by atoms with van der Waals surface area (Å²) in [6.07, 6.45) is 1.58. The molecule has 0 N–H and O–H groups in total. The number of nitriles is 1. The number of hydrogen-bond donors (Lipinski definition) is 0. The van der Waals surface area contributed by atoms with E-state index in [0.29, 0.717) is 5.56 Å². The van der Waals surface area contributed by atoms with Gasteiger partial charge in [0.05, 0.1) is 11.6 Å². The molecule has 0 saturated heterocycles. The van der Waals surface area contributed by atoms with Crippen LogP contribution in [0.2, 0.25) is 5.02 Å². The summed E-state index contributed by atoms with van der Waals surface area (Å²) in [5.74, 6) is 0.825. The van der Waals surface area contributed by atoms with Gasteiger partial charge in [0, 0.05) is 18.3 Å². The van der Waals surface area contributed by atoms with Crippen LogP contribution in [0.15, 0.2) is 42.6 Å². The van der Waals surface area contributed by atoms with Crippen LogP contribution < -0.4 is 4.90 Å². The second kappa shape index (κ2) is 5.73. The summed E-state index contributed by atoms with van der Waals surface area (Å²) in [5, 5.41) is 9.49. The van der Waals surface area contributed by atoms with Gasteiger partial charge in [-0.25, -0.2) is 4.98 Å². The number of anilines is 1. The Kier molecular flexibility index (Phi) is 4.03. The number of benzene rings is 1. The Hall–Kier alpha value is -2.05. The monoisotopic (exact) mass is 271 g/mol. The number of pyridine rings is 1. The van der Waals surface area contributed by atoms with Crippen LogP contribution in [0.4, 0.5) is 5.82 Å². The second-order valence-corrected chi connectivity index (χ2v) is 4.80. The molecule has 3 nitrogen and oxygen atoms in total. The van der Waals surface area contributed by atoms with Gasteiger partial charge in [-0.2, -0.15) is 5.26 Å². The highest BCUT2D eigenvalue weighted by atomic mass is 35.5. The van der Waals surface area contributed by atoms with E-state index in [4.69, 9.17) is 16.9 Å². The van der Waals surface area contributed by atoms with Crippen molar-refractivity contribution in [1.82, 2.24) is 4.98 Å². The van der Waals surface area contributed by atoms with Crippen molar-refractivity contribution in [2.75, 3.05) is 11.9 Å². The molecular formula is C15H14ClN3. The first-order valence-corrected chi connectivity index (χ1v) is 6.34. The molecule has 19 heavy (non-hydrogen) atoms. The van der Waals surface area contributed by atoms with Crippen LogP contribution in [0.25, 0.3) is 0 Å². The second-order valence-electron chi connectivity index (χ2n) is 4.36. The van der Waals surface area contributed by atoms with E-state index in [1.54, 1.807) is 12.3 Å². The Morgan fingerprint density at radius 1 is 1.32 bits per heavy atom. The van der Waals surface area contributed by atoms with Gasteiger partial charge in [0.25, 0.3) is 0 Å². The molecule has 0 radical (unpaired) electrons. The summed E-state index contributed by atoms with van der Waals surface area (Å²) >= 11 is 6.01. The van der Waals surface area contributed by atoms with Crippen molar-refractivity contribution >= 4 is 17.4 Å². The van der Waals surface area contributed by atoms with E-state index in [9.17, 15) is 0 Å². The standard InChI is InChI=1S/C15H14ClN3/c1-11(13-4-3-5-14(16)8-13)19(2)15-7-6-12(9-17)10-18-15/h3-8,10-11H,1-2H3/t11-/m1/s1. The Bertz CT molecular complexity index is 602. The number of hydrogen-bond acceptors (Lipinski definition) is 3. The van der Waals surface area contributed by atoms with Crippen molar-refractivity contribution < 1.29 is 0 Å². The number of halogens is 1. The number of aromatic nitrogens is 1. The van der Waals surface area contributed by atoms with Crippen molar-refractivity contribution in [3.8, 4) is 6.07 Å². The van der Waals surface area contributed by atoms with E-state index in [-0.39, 0.29) is 6.04 Å². The lowest BCUT2D eigenvalue weighted by Crippen LogP contribution is -2.22. The Morgan fingerprint density at radius 3 is 2.68 bits per heavy atom. The first-order valence-electron chi connectivity index (χ1n) is 5.96. The van der Waals surface area contributed by atoms with Crippen molar-refractivity contribution in [3.63, 3.8) is 0 Å².